The van der Waals surface area contributed by atoms with Crippen LogP contribution in [-0.4, -0.2) is 33.8 Å². The van der Waals surface area contributed by atoms with Gasteiger partial charge in [0.1, 0.15) is 6.04 Å². The molecule has 0 aliphatic rings. The topological polar surface area (TPSA) is 63.3 Å². The van der Waals surface area contributed by atoms with E-state index in [1.807, 2.05) is 0 Å². The van der Waals surface area contributed by atoms with Crippen molar-refractivity contribution in [2.75, 3.05) is 5.75 Å². The first-order valence-electron chi connectivity index (χ1n) is 3.05. The van der Waals surface area contributed by atoms with Crippen molar-refractivity contribution >= 4 is 29.3 Å². The Kier molecular flexibility index (Phi) is 4.87. The Morgan fingerprint density at radius 2 is 2.15 bits per heavy atom. The van der Waals surface area contributed by atoms with Gasteiger partial charge in [0.2, 0.25) is 5.63 Å². The van der Waals surface area contributed by atoms with Crippen LogP contribution in [0.15, 0.2) is 0 Å². The minimum atomic E-state index is -3.81. The molecule has 0 amide bonds. The van der Waals surface area contributed by atoms with Crippen LogP contribution >= 0.6 is 23.4 Å². The van der Waals surface area contributed by atoms with Crippen LogP contribution in [-0.2, 0) is 4.79 Å². The third kappa shape index (κ3) is 4.58. The smallest absolute Gasteiger partial charge is 0.338 e. The van der Waals surface area contributed by atoms with E-state index in [9.17, 15) is 18.0 Å². The predicted molar refractivity (Wildman–Crippen MR) is 43.8 cm³/mol. The lowest BCUT2D eigenvalue weighted by atomic mass is 10.4. The second kappa shape index (κ2) is 4.92. The highest BCUT2D eigenvalue weighted by Crippen LogP contribution is 2.36. The first-order chi connectivity index (χ1) is 5.77. The molecule has 0 fully saturated rings. The number of rotatable bonds is 5. The molecule has 0 saturated heterocycles. The van der Waals surface area contributed by atoms with Crippen molar-refractivity contribution in [1.29, 1.82) is 0 Å². The Labute approximate surface area is 81.4 Å². The molecule has 3 N–H and O–H groups in total. The molecule has 0 saturated carbocycles. The van der Waals surface area contributed by atoms with E-state index in [0.717, 1.165) is 0 Å². The van der Waals surface area contributed by atoms with Crippen LogP contribution in [0.4, 0.5) is 13.2 Å². The van der Waals surface area contributed by atoms with E-state index >= 15 is 0 Å². The molecule has 0 heterocycles. The highest BCUT2D eigenvalue weighted by molar-refractivity contribution is 8.00. The second-order valence-corrected chi connectivity index (χ2v) is 3.67. The van der Waals surface area contributed by atoms with Gasteiger partial charge < -0.3 is 10.8 Å². The van der Waals surface area contributed by atoms with E-state index in [4.69, 9.17) is 10.8 Å². The summed E-state index contributed by atoms with van der Waals surface area (Å²) >= 11 is 4.28. The van der Waals surface area contributed by atoms with E-state index in [2.05, 4.69) is 11.6 Å². The zero-order chi connectivity index (χ0) is 10.6. The number of carboxylic acid groups (broad SMARTS) is 1. The lowest BCUT2D eigenvalue weighted by molar-refractivity contribution is -0.137. The fraction of sp³-hybridized carbons (Fsp3) is 0.800. The van der Waals surface area contributed by atoms with Gasteiger partial charge in [-0.15, -0.1) is 0 Å². The largest absolute Gasteiger partial charge is 0.480 e. The monoisotopic (exact) mass is 237 g/mol. The van der Waals surface area contributed by atoms with Crippen molar-refractivity contribution in [1.82, 2.24) is 0 Å². The molecule has 1 unspecified atom stereocenters. The van der Waals surface area contributed by atoms with Crippen LogP contribution in [0.25, 0.3) is 0 Å². The van der Waals surface area contributed by atoms with Crippen molar-refractivity contribution in [3.05, 3.63) is 0 Å². The van der Waals surface area contributed by atoms with E-state index in [1.165, 1.54) is 0 Å². The summed E-state index contributed by atoms with van der Waals surface area (Å²) in [6.45, 7) is 0. The van der Waals surface area contributed by atoms with Crippen LogP contribution in [0, 0.1) is 0 Å². The number of carbonyl (C=O) groups is 1. The van der Waals surface area contributed by atoms with Gasteiger partial charge >= 0.3 is 11.2 Å². The third-order valence-electron chi connectivity index (χ3n) is 1.03. The van der Waals surface area contributed by atoms with Crippen molar-refractivity contribution in [2.24, 2.45) is 5.73 Å². The number of carboxylic acids is 1. The highest BCUT2D eigenvalue weighted by atomic mass is 35.5. The van der Waals surface area contributed by atoms with Gasteiger partial charge in [0.25, 0.3) is 0 Å². The fourth-order valence-electron chi connectivity index (χ4n) is 0.335. The Morgan fingerprint density at radius 3 is 2.46 bits per heavy atom. The zero-order valence-electron chi connectivity index (χ0n) is 6.21. The summed E-state index contributed by atoms with van der Waals surface area (Å²) in [5.74, 6) is -2.02. The average molecular weight is 238 g/mol. The summed E-state index contributed by atoms with van der Waals surface area (Å²) in [6, 6.07) is -1.45. The van der Waals surface area contributed by atoms with Crippen LogP contribution in [0.5, 0.6) is 0 Å². The third-order valence-corrected chi connectivity index (χ3v) is 2.55. The molecule has 0 bridgehead atoms. The number of alkyl halides is 4. The summed E-state index contributed by atoms with van der Waals surface area (Å²) in [4.78, 5) is 10.1. The summed E-state index contributed by atoms with van der Waals surface area (Å²) < 4.78 is 36.7. The Balaban J connectivity index is 3.95. The predicted octanol–water partition coefficient (Wildman–Crippen LogP) is 1.26. The van der Waals surface area contributed by atoms with E-state index in [-0.39, 0.29) is 11.8 Å². The van der Waals surface area contributed by atoms with Gasteiger partial charge in [-0.2, -0.15) is 8.78 Å². The van der Waals surface area contributed by atoms with Crippen LogP contribution in [0.2, 0.25) is 0 Å². The number of nitrogens with two attached hydrogens (primary N) is 1. The van der Waals surface area contributed by atoms with E-state index < -0.39 is 28.6 Å². The van der Waals surface area contributed by atoms with Crippen LogP contribution in [0.1, 0.15) is 0 Å². The molecule has 13 heavy (non-hydrogen) atoms. The van der Waals surface area contributed by atoms with Gasteiger partial charge in [-0.3, -0.25) is 4.79 Å². The molecule has 0 radical (unpaired) electrons. The molecule has 0 aromatic carbocycles. The summed E-state index contributed by atoms with van der Waals surface area (Å²) in [6.07, 6.45) is 0. The molecule has 2 atom stereocenters. The van der Waals surface area contributed by atoms with Gasteiger partial charge in [0.05, 0.1) is 0 Å². The van der Waals surface area contributed by atoms with Gasteiger partial charge in [-0.25, -0.2) is 4.39 Å². The first-order valence-corrected chi connectivity index (χ1v) is 4.48. The Bertz CT molecular complexity index is 193. The Morgan fingerprint density at radius 1 is 1.69 bits per heavy atom. The number of halogens is 4. The van der Waals surface area contributed by atoms with Crippen LogP contribution in [0.3, 0.4) is 0 Å². The standard InChI is InChI=1S/C5H7ClF3NO2S/c6-4(7)5(8,9)13-1-2(10)3(11)12/h2,4H,1,10H2,(H,11,12)/t2-,4?/m0/s1. The summed E-state index contributed by atoms with van der Waals surface area (Å²) in [5.41, 5.74) is 2.06. The van der Waals surface area contributed by atoms with Gasteiger partial charge in [0.15, 0.2) is 0 Å². The molecule has 0 aliphatic heterocycles. The molecule has 0 aromatic heterocycles. The second-order valence-electron chi connectivity index (χ2n) is 2.12. The SMILES string of the molecule is N[C@@H](CSC(F)(F)C(F)Cl)C(=O)O. The molecule has 8 heteroatoms. The maximum absolute atomic E-state index is 12.4. The summed E-state index contributed by atoms with van der Waals surface area (Å²) in [5, 5.41) is 4.40. The van der Waals surface area contributed by atoms with Crippen molar-refractivity contribution in [2.45, 2.75) is 16.9 Å². The molecular formula is C5H7ClF3NO2S. The van der Waals surface area contributed by atoms with Crippen LogP contribution < -0.4 is 5.73 Å². The number of aliphatic carboxylic acids is 1. The zero-order valence-corrected chi connectivity index (χ0v) is 7.79. The molecule has 0 rings (SSSR count). The maximum Gasteiger partial charge on any atom is 0.338 e. The average Bonchev–Trinajstić information content (AvgIpc) is 1.99. The van der Waals surface area contributed by atoms with Crippen molar-refractivity contribution in [3.63, 3.8) is 0 Å². The quantitative estimate of drug-likeness (QED) is 0.707. The minimum Gasteiger partial charge on any atom is -0.480 e. The first kappa shape index (κ1) is 12.9. The summed E-state index contributed by atoms with van der Waals surface area (Å²) in [7, 11) is 0. The number of hydrogen-bond acceptors (Lipinski definition) is 3. The highest BCUT2D eigenvalue weighted by Gasteiger charge is 2.40. The van der Waals surface area contributed by atoms with Gasteiger partial charge in [-0.05, 0) is 0 Å². The molecule has 3 nitrogen and oxygen atoms in total. The normalized spacial score (nSPS) is 16.7. The van der Waals surface area contributed by atoms with Gasteiger partial charge in [0, 0.05) is 5.75 Å². The molecule has 0 aromatic rings. The lowest BCUT2D eigenvalue weighted by Gasteiger charge is -2.16. The lowest BCUT2D eigenvalue weighted by Crippen LogP contribution is -2.35. The molecular weight excluding hydrogens is 231 g/mol. The molecule has 0 spiro atoms. The van der Waals surface area contributed by atoms with E-state index in [1.54, 1.807) is 0 Å². The Hall–Kier alpha value is -0.140. The van der Waals surface area contributed by atoms with Gasteiger partial charge in [-0.1, -0.05) is 23.4 Å². The number of thioether (sulfide) groups is 1. The maximum atomic E-state index is 12.4. The van der Waals surface area contributed by atoms with E-state index in [0.29, 0.717) is 0 Å². The van der Waals surface area contributed by atoms with Crippen molar-refractivity contribution in [3.8, 4) is 0 Å². The van der Waals surface area contributed by atoms with Crippen molar-refractivity contribution < 1.29 is 23.1 Å². The minimum absolute atomic E-state index is 0.223. The fourth-order valence-corrected chi connectivity index (χ4v) is 1.19. The molecule has 78 valence electrons. The number of hydrogen-bond donors (Lipinski definition) is 2. The molecule has 0 aliphatic carbocycles.